The largest absolute Gasteiger partial charge is 0.329 e. The zero-order valence-electron chi connectivity index (χ0n) is 12.0. The van der Waals surface area contributed by atoms with E-state index in [0.717, 1.165) is 10.6 Å². The maximum Gasteiger partial charge on any atom is 0.329 e. The van der Waals surface area contributed by atoms with Crippen molar-refractivity contribution in [2.24, 2.45) is 0 Å². The third-order valence-corrected chi connectivity index (χ3v) is 4.28. The highest BCUT2D eigenvalue weighted by Gasteiger charge is 2.47. The van der Waals surface area contributed by atoms with Gasteiger partial charge in [0.1, 0.15) is 0 Å². The Labute approximate surface area is 131 Å². The molecule has 1 fully saturated rings. The molecule has 2 aromatic carbocycles. The van der Waals surface area contributed by atoms with Gasteiger partial charge in [-0.2, -0.15) is 9.27 Å². The Bertz CT molecular complexity index is 692. The fourth-order valence-electron chi connectivity index (χ4n) is 2.31. The quantitative estimate of drug-likeness (QED) is 0.872. The van der Waals surface area contributed by atoms with E-state index in [4.69, 9.17) is 8.47 Å². The summed E-state index contributed by atoms with van der Waals surface area (Å²) in [5, 5.41) is 1.10. The van der Waals surface area contributed by atoms with Gasteiger partial charge in [0, 0.05) is 0 Å². The molecule has 1 heterocycles. The number of hydrogen-bond acceptors (Lipinski definition) is 4. The SMILES string of the molecule is CC1(c2ccccc2)OS(=O)ON(Cc2ccccc2)C1=O. The van der Waals surface area contributed by atoms with Crippen LogP contribution in [0.1, 0.15) is 18.1 Å². The molecule has 0 aromatic heterocycles. The van der Waals surface area contributed by atoms with Gasteiger partial charge in [0.25, 0.3) is 5.91 Å². The van der Waals surface area contributed by atoms with Crippen LogP contribution in [0.5, 0.6) is 0 Å². The third kappa shape index (κ3) is 2.81. The molecule has 114 valence electrons. The molecule has 3 rings (SSSR count). The first-order valence-electron chi connectivity index (χ1n) is 6.81. The fraction of sp³-hybridized carbons (Fsp3) is 0.188. The standard InChI is InChI=1S/C16H15NO4S/c1-16(14-10-6-3-7-11-14)15(18)17(21-22(19)20-16)12-13-8-4-2-5-9-13/h2-11H,12H2,1H3. The number of carbonyl (C=O) groups is 1. The molecule has 22 heavy (non-hydrogen) atoms. The van der Waals surface area contributed by atoms with Gasteiger partial charge in [-0.3, -0.25) is 4.79 Å². The molecule has 0 aliphatic carbocycles. The van der Waals surface area contributed by atoms with Crippen LogP contribution in [-0.4, -0.2) is 15.2 Å². The molecule has 1 saturated heterocycles. The molecular weight excluding hydrogens is 302 g/mol. The highest BCUT2D eigenvalue weighted by atomic mass is 32.2. The number of amides is 1. The first kappa shape index (κ1) is 14.9. The minimum atomic E-state index is -2.03. The van der Waals surface area contributed by atoms with E-state index in [0.29, 0.717) is 5.56 Å². The van der Waals surface area contributed by atoms with Gasteiger partial charge in [0.05, 0.1) is 6.54 Å². The lowest BCUT2D eigenvalue weighted by Gasteiger charge is -2.36. The fourth-order valence-corrected chi connectivity index (χ4v) is 3.04. The molecule has 1 amide bonds. The first-order chi connectivity index (χ1) is 10.6. The van der Waals surface area contributed by atoms with Crippen LogP contribution in [0.25, 0.3) is 0 Å². The van der Waals surface area contributed by atoms with Crippen LogP contribution in [0, 0.1) is 0 Å². The van der Waals surface area contributed by atoms with Gasteiger partial charge in [-0.25, -0.2) is 4.18 Å². The normalized spacial score (nSPS) is 25.2. The van der Waals surface area contributed by atoms with Gasteiger partial charge < -0.3 is 0 Å². The van der Waals surface area contributed by atoms with E-state index >= 15 is 0 Å². The molecule has 0 spiro atoms. The average molecular weight is 317 g/mol. The molecule has 6 heteroatoms. The summed E-state index contributed by atoms with van der Waals surface area (Å²) in [5.74, 6) is -0.387. The van der Waals surface area contributed by atoms with Crippen molar-refractivity contribution >= 4 is 17.3 Å². The van der Waals surface area contributed by atoms with Gasteiger partial charge in [0.15, 0.2) is 5.60 Å². The van der Waals surface area contributed by atoms with Gasteiger partial charge in [0.2, 0.25) is 0 Å². The Morgan fingerprint density at radius 1 is 1.05 bits per heavy atom. The summed E-state index contributed by atoms with van der Waals surface area (Å²) in [7, 11) is 0. The maximum atomic E-state index is 12.7. The van der Waals surface area contributed by atoms with Crippen molar-refractivity contribution in [3.05, 3.63) is 71.8 Å². The molecule has 2 aromatic rings. The number of hydrogen-bond donors (Lipinski definition) is 0. The van der Waals surface area contributed by atoms with Crippen molar-refractivity contribution < 1.29 is 17.5 Å². The van der Waals surface area contributed by atoms with Crippen LogP contribution < -0.4 is 0 Å². The predicted molar refractivity (Wildman–Crippen MR) is 81.1 cm³/mol. The second-order valence-corrected chi connectivity index (χ2v) is 5.81. The van der Waals surface area contributed by atoms with Crippen LogP contribution in [-0.2, 0) is 36.8 Å². The van der Waals surface area contributed by atoms with E-state index in [1.807, 2.05) is 36.4 Å². The number of nitrogens with zero attached hydrogens (tertiary/aromatic N) is 1. The summed E-state index contributed by atoms with van der Waals surface area (Å²) in [4.78, 5) is 12.7. The topological polar surface area (TPSA) is 55.8 Å². The second kappa shape index (κ2) is 6.00. The lowest BCUT2D eigenvalue weighted by molar-refractivity contribution is -0.189. The highest BCUT2D eigenvalue weighted by Crippen LogP contribution is 2.33. The molecule has 0 radical (unpaired) electrons. The van der Waals surface area contributed by atoms with E-state index in [1.165, 1.54) is 0 Å². The molecule has 5 nitrogen and oxygen atoms in total. The van der Waals surface area contributed by atoms with Crippen molar-refractivity contribution in [2.45, 2.75) is 19.1 Å². The summed E-state index contributed by atoms with van der Waals surface area (Å²) in [6, 6.07) is 18.3. The molecular formula is C16H15NO4S. The zero-order valence-corrected chi connectivity index (χ0v) is 12.8. The molecule has 0 saturated carbocycles. The van der Waals surface area contributed by atoms with Crippen LogP contribution >= 0.6 is 0 Å². The highest BCUT2D eigenvalue weighted by molar-refractivity contribution is 7.75. The molecule has 2 unspecified atom stereocenters. The summed E-state index contributed by atoms with van der Waals surface area (Å²) in [5.41, 5.74) is 0.180. The molecule has 0 N–H and O–H groups in total. The second-order valence-electron chi connectivity index (χ2n) is 5.09. The van der Waals surface area contributed by atoms with Gasteiger partial charge in [-0.1, -0.05) is 60.7 Å². The van der Waals surface area contributed by atoms with Crippen LogP contribution in [0.4, 0.5) is 0 Å². The number of benzene rings is 2. The van der Waals surface area contributed by atoms with Crippen LogP contribution in [0.2, 0.25) is 0 Å². The first-order valence-corrected chi connectivity index (χ1v) is 7.81. The number of carbonyl (C=O) groups excluding carboxylic acids is 1. The molecule has 2 atom stereocenters. The Hall–Kier alpha value is -2.02. The monoisotopic (exact) mass is 317 g/mol. The molecule has 1 aliphatic rings. The Balaban J connectivity index is 1.90. The lowest BCUT2D eigenvalue weighted by atomic mass is 9.95. The summed E-state index contributed by atoms with van der Waals surface area (Å²) < 4.78 is 22.2. The van der Waals surface area contributed by atoms with Crippen LogP contribution in [0.15, 0.2) is 60.7 Å². The van der Waals surface area contributed by atoms with Gasteiger partial charge in [-0.05, 0) is 18.1 Å². The van der Waals surface area contributed by atoms with E-state index in [9.17, 15) is 9.00 Å². The Kier molecular flexibility index (Phi) is 4.06. The third-order valence-electron chi connectivity index (χ3n) is 3.51. The smallest absolute Gasteiger partial charge is 0.269 e. The molecule has 1 aliphatic heterocycles. The van der Waals surface area contributed by atoms with Crippen molar-refractivity contribution in [3.8, 4) is 0 Å². The van der Waals surface area contributed by atoms with E-state index in [2.05, 4.69) is 0 Å². The Morgan fingerprint density at radius 3 is 2.27 bits per heavy atom. The van der Waals surface area contributed by atoms with Crippen molar-refractivity contribution in [1.29, 1.82) is 0 Å². The zero-order chi connectivity index (χ0) is 15.6. The van der Waals surface area contributed by atoms with Crippen LogP contribution in [0.3, 0.4) is 0 Å². The predicted octanol–water partition coefficient (Wildman–Crippen LogP) is 2.47. The Morgan fingerprint density at radius 2 is 1.64 bits per heavy atom. The lowest BCUT2D eigenvalue weighted by Crippen LogP contribution is -2.51. The summed E-state index contributed by atoms with van der Waals surface area (Å²) in [6.07, 6.45) is 0. The van der Waals surface area contributed by atoms with Crippen molar-refractivity contribution in [2.75, 3.05) is 0 Å². The molecule has 0 bridgehead atoms. The number of rotatable bonds is 3. The summed E-state index contributed by atoms with van der Waals surface area (Å²) >= 11 is -2.03. The maximum absolute atomic E-state index is 12.7. The van der Waals surface area contributed by atoms with Crippen molar-refractivity contribution in [1.82, 2.24) is 5.06 Å². The van der Waals surface area contributed by atoms with E-state index in [1.54, 1.807) is 31.2 Å². The van der Waals surface area contributed by atoms with Crippen molar-refractivity contribution in [3.63, 3.8) is 0 Å². The van der Waals surface area contributed by atoms with Gasteiger partial charge >= 0.3 is 11.4 Å². The summed E-state index contributed by atoms with van der Waals surface area (Å²) in [6.45, 7) is 1.81. The average Bonchev–Trinajstić information content (AvgIpc) is 2.54. The van der Waals surface area contributed by atoms with E-state index in [-0.39, 0.29) is 12.5 Å². The minimum absolute atomic E-state index is 0.206. The minimum Gasteiger partial charge on any atom is -0.269 e. The van der Waals surface area contributed by atoms with E-state index < -0.39 is 17.0 Å². The number of hydroxylamine groups is 2. The van der Waals surface area contributed by atoms with Gasteiger partial charge in [-0.15, -0.1) is 4.28 Å².